The van der Waals surface area contributed by atoms with Crippen molar-refractivity contribution in [2.75, 3.05) is 6.54 Å². The van der Waals surface area contributed by atoms with Crippen molar-refractivity contribution in [2.45, 2.75) is 51.1 Å². The number of nitrogens with zero attached hydrogens (tertiary/aromatic N) is 6. The first kappa shape index (κ1) is 18.1. The van der Waals surface area contributed by atoms with Crippen LogP contribution in [0.25, 0.3) is 0 Å². The van der Waals surface area contributed by atoms with Crippen molar-refractivity contribution >= 4 is 5.91 Å². The van der Waals surface area contributed by atoms with Crippen LogP contribution in [0.2, 0.25) is 0 Å². The van der Waals surface area contributed by atoms with Gasteiger partial charge in [0.1, 0.15) is 5.82 Å². The quantitative estimate of drug-likeness (QED) is 0.672. The Balaban J connectivity index is 1.31. The maximum absolute atomic E-state index is 13.1. The van der Waals surface area contributed by atoms with Crippen molar-refractivity contribution < 1.29 is 4.79 Å². The molecule has 29 heavy (non-hydrogen) atoms. The van der Waals surface area contributed by atoms with Crippen molar-refractivity contribution in [1.82, 2.24) is 29.4 Å². The van der Waals surface area contributed by atoms with Gasteiger partial charge in [-0.25, -0.2) is 0 Å². The smallest absolute Gasteiger partial charge is 0.274 e. The zero-order chi connectivity index (χ0) is 20.0. The minimum atomic E-state index is -0.0144. The van der Waals surface area contributed by atoms with Crippen LogP contribution >= 0.6 is 0 Å². The lowest BCUT2D eigenvalue weighted by Gasteiger charge is -2.32. The molecule has 2 aromatic heterocycles. The van der Waals surface area contributed by atoms with Crippen LogP contribution in [0.3, 0.4) is 0 Å². The number of rotatable bonds is 5. The molecule has 1 aliphatic heterocycles. The van der Waals surface area contributed by atoms with Crippen molar-refractivity contribution in [2.24, 2.45) is 7.05 Å². The van der Waals surface area contributed by atoms with Crippen LogP contribution in [-0.2, 0) is 26.4 Å². The second-order valence-electron chi connectivity index (χ2n) is 8.28. The second-order valence-corrected chi connectivity index (χ2v) is 8.28. The molecule has 1 aliphatic carbocycles. The number of fused-ring (bicyclic) bond motifs is 1. The summed E-state index contributed by atoms with van der Waals surface area (Å²) in [4.78, 5) is 14.9. The Bertz CT molecular complexity index is 1030. The number of carbonyl (C=O) groups excluding carboxylic acids is 1. The summed E-state index contributed by atoms with van der Waals surface area (Å²) in [7, 11) is 1.93. The van der Waals surface area contributed by atoms with E-state index in [9.17, 15) is 4.79 Å². The van der Waals surface area contributed by atoms with E-state index >= 15 is 0 Å². The van der Waals surface area contributed by atoms with Gasteiger partial charge in [-0.1, -0.05) is 30.3 Å². The van der Waals surface area contributed by atoms with Crippen molar-refractivity contribution in [3.63, 3.8) is 0 Å². The summed E-state index contributed by atoms with van der Waals surface area (Å²) >= 11 is 0. The molecule has 7 heteroatoms. The van der Waals surface area contributed by atoms with E-state index in [4.69, 9.17) is 0 Å². The zero-order valence-electron chi connectivity index (χ0n) is 17.0. The van der Waals surface area contributed by atoms with Gasteiger partial charge in [-0.2, -0.15) is 5.10 Å². The van der Waals surface area contributed by atoms with Gasteiger partial charge in [-0.3, -0.25) is 9.48 Å². The summed E-state index contributed by atoms with van der Waals surface area (Å²) in [6.45, 7) is 3.26. The predicted octanol–water partition coefficient (Wildman–Crippen LogP) is 2.89. The fourth-order valence-corrected chi connectivity index (χ4v) is 4.35. The van der Waals surface area contributed by atoms with Gasteiger partial charge in [-0.15, -0.1) is 10.2 Å². The molecule has 0 spiro atoms. The third kappa shape index (κ3) is 3.45. The Morgan fingerprint density at radius 1 is 1.14 bits per heavy atom. The van der Waals surface area contributed by atoms with Crippen LogP contribution in [0.1, 0.15) is 65.1 Å². The molecule has 5 rings (SSSR count). The van der Waals surface area contributed by atoms with E-state index < -0.39 is 0 Å². The van der Waals surface area contributed by atoms with E-state index in [1.165, 1.54) is 24.1 Å². The van der Waals surface area contributed by atoms with Crippen LogP contribution in [0, 0.1) is 0 Å². The average molecular weight is 390 g/mol. The van der Waals surface area contributed by atoms with Crippen LogP contribution < -0.4 is 0 Å². The lowest BCUT2D eigenvalue weighted by molar-refractivity contribution is 0.0673. The number of amides is 1. The van der Waals surface area contributed by atoms with Crippen LogP contribution in [0.4, 0.5) is 0 Å². The Hall–Kier alpha value is -2.96. The van der Waals surface area contributed by atoms with E-state index in [0.717, 1.165) is 24.5 Å². The average Bonchev–Trinajstić information content (AvgIpc) is 3.37. The van der Waals surface area contributed by atoms with Crippen molar-refractivity contribution in [1.29, 1.82) is 0 Å². The lowest BCUT2D eigenvalue weighted by atomic mass is 10.1. The summed E-state index contributed by atoms with van der Waals surface area (Å²) < 4.78 is 4.07. The van der Waals surface area contributed by atoms with Crippen LogP contribution in [-0.4, -0.2) is 41.9 Å². The molecule has 0 N–H and O–H groups in total. The summed E-state index contributed by atoms with van der Waals surface area (Å²) in [5.41, 5.74) is 3.01. The Morgan fingerprint density at radius 3 is 2.69 bits per heavy atom. The monoisotopic (exact) mass is 390 g/mol. The topological polar surface area (TPSA) is 68.8 Å². The molecule has 0 saturated heterocycles. The Kier molecular flexibility index (Phi) is 4.45. The highest BCUT2D eigenvalue weighted by molar-refractivity contribution is 5.92. The molecule has 3 heterocycles. The van der Waals surface area contributed by atoms with E-state index in [1.54, 1.807) is 0 Å². The van der Waals surface area contributed by atoms with Gasteiger partial charge in [0.2, 0.25) is 0 Å². The first-order valence-electron chi connectivity index (χ1n) is 10.4. The molecule has 2 aliphatic rings. The van der Waals surface area contributed by atoms with E-state index in [1.807, 2.05) is 28.8 Å². The SMILES string of the molecule is C[C@H]1CN(C(=O)c2cc(C3CC3)n(C)n2)Cc2nnc(CCc3ccccc3)n21. The normalized spacial score (nSPS) is 18.7. The van der Waals surface area contributed by atoms with Gasteiger partial charge in [0.05, 0.1) is 12.6 Å². The summed E-state index contributed by atoms with van der Waals surface area (Å²) in [6, 6.07) is 12.6. The molecule has 3 aromatic rings. The highest BCUT2D eigenvalue weighted by atomic mass is 16.2. The number of hydrogen-bond acceptors (Lipinski definition) is 4. The highest BCUT2D eigenvalue weighted by Gasteiger charge is 2.33. The second kappa shape index (κ2) is 7.13. The molecule has 1 saturated carbocycles. The number of aromatic nitrogens is 5. The fourth-order valence-electron chi connectivity index (χ4n) is 4.35. The number of aryl methyl sites for hydroxylation is 3. The van der Waals surface area contributed by atoms with Crippen LogP contribution in [0.15, 0.2) is 36.4 Å². The van der Waals surface area contributed by atoms with Crippen molar-refractivity contribution in [3.8, 4) is 0 Å². The predicted molar refractivity (Wildman–Crippen MR) is 109 cm³/mol. The van der Waals surface area contributed by atoms with Gasteiger partial charge in [-0.05, 0) is 37.8 Å². The molecule has 1 atom stereocenters. The molecule has 0 radical (unpaired) electrons. The van der Waals surface area contributed by atoms with Gasteiger partial charge in [0.25, 0.3) is 5.91 Å². The summed E-state index contributed by atoms with van der Waals surface area (Å²) in [5, 5.41) is 13.3. The van der Waals surface area contributed by atoms with E-state index in [-0.39, 0.29) is 11.9 Å². The fraction of sp³-hybridized carbons (Fsp3) is 0.455. The number of hydrogen-bond donors (Lipinski definition) is 0. The Morgan fingerprint density at radius 2 is 1.93 bits per heavy atom. The highest BCUT2D eigenvalue weighted by Crippen LogP contribution is 2.40. The van der Waals surface area contributed by atoms with Gasteiger partial charge >= 0.3 is 0 Å². The molecule has 0 unspecified atom stereocenters. The van der Waals surface area contributed by atoms with E-state index in [0.29, 0.717) is 24.7 Å². The summed E-state index contributed by atoms with van der Waals surface area (Å²) in [6.07, 6.45) is 4.18. The molecule has 1 aromatic carbocycles. The molecule has 150 valence electrons. The molecular formula is C22H26N6O. The van der Waals surface area contributed by atoms with Gasteiger partial charge in [0, 0.05) is 31.6 Å². The number of benzene rings is 1. The molecule has 1 fully saturated rings. The molecular weight excluding hydrogens is 364 g/mol. The Labute approximate surface area is 170 Å². The van der Waals surface area contributed by atoms with Gasteiger partial charge in [0.15, 0.2) is 11.5 Å². The molecule has 1 amide bonds. The first-order chi connectivity index (χ1) is 14.1. The van der Waals surface area contributed by atoms with E-state index in [2.05, 4.69) is 51.1 Å². The molecule has 0 bridgehead atoms. The zero-order valence-corrected chi connectivity index (χ0v) is 17.0. The standard InChI is InChI=1S/C22H26N6O/c1-15-13-27(22(29)18-12-19(17-9-10-17)26(2)25-18)14-21-24-23-20(28(15)21)11-8-16-6-4-3-5-7-16/h3-7,12,15,17H,8-11,13-14H2,1-2H3/t15-/m0/s1. The third-order valence-electron chi connectivity index (χ3n) is 5.99. The minimum absolute atomic E-state index is 0.0144. The van der Waals surface area contributed by atoms with Crippen molar-refractivity contribution in [3.05, 3.63) is 65.0 Å². The number of carbonyl (C=O) groups is 1. The maximum Gasteiger partial charge on any atom is 0.274 e. The summed E-state index contributed by atoms with van der Waals surface area (Å²) in [5.74, 6) is 2.42. The maximum atomic E-state index is 13.1. The first-order valence-corrected chi connectivity index (χ1v) is 10.4. The lowest BCUT2D eigenvalue weighted by Crippen LogP contribution is -2.41. The van der Waals surface area contributed by atoms with Crippen LogP contribution in [0.5, 0.6) is 0 Å². The molecule has 7 nitrogen and oxygen atoms in total. The minimum Gasteiger partial charge on any atom is -0.328 e. The largest absolute Gasteiger partial charge is 0.328 e. The third-order valence-corrected chi connectivity index (χ3v) is 5.99. The van der Waals surface area contributed by atoms with Gasteiger partial charge < -0.3 is 9.47 Å².